The van der Waals surface area contributed by atoms with E-state index < -0.39 is 6.17 Å². The van der Waals surface area contributed by atoms with Gasteiger partial charge in [-0.2, -0.15) is 0 Å². The first-order chi connectivity index (χ1) is 7.69. The van der Waals surface area contributed by atoms with Gasteiger partial charge >= 0.3 is 0 Å². The van der Waals surface area contributed by atoms with Crippen LogP contribution in [-0.4, -0.2) is 24.4 Å². The molecule has 0 fully saturated rings. The van der Waals surface area contributed by atoms with Crippen molar-refractivity contribution in [3.05, 3.63) is 29.3 Å². The van der Waals surface area contributed by atoms with Crippen molar-refractivity contribution >= 4 is 0 Å². The molecular formula is C12H18FNO2. The van der Waals surface area contributed by atoms with Crippen LogP contribution in [0.5, 0.6) is 5.75 Å². The summed E-state index contributed by atoms with van der Waals surface area (Å²) in [7, 11) is 0. The normalized spacial score (nSPS) is 12.5. The lowest BCUT2D eigenvalue weighted by atomic mass is 10.1. The molecule has 1 aromatic rings. The highest BCUT2D eigenvalue weighted by Gasteiger charge is 2.06. The highest BCUT2D eigenvalue weighted by atomic mass is 19.1. The summed E-state index contributed by atoms with van der Waals surface area (Å²) < 4.78 is 18.2. The molecule has 0 unspecified atom stereocenters. The lowest BCUT2D eigenvalue weighted by Gasteiger charge is -2.11. The molecular weight excluding hydrogens is 209 g/mol. The van der Waals surface area contributed by atoms with E-state index in [-0.39, 0.29) is 19.8 Å². The Bertz CT molecular complexity index is 309. The average molecular weight is 227 g/mol. The van der Waals surface area contributed by atoms with E-state index in [1.165, 1.54) is 0 Å². The van der Waals surface area contributed by atoms with Gasteiger partial charge in [-0.15, -0.1) is 0 Å². The van der Waals surface area contributed by atoms with E-state index in [1.807, 2.05) is 19.1 Å². The first-order valence-corrected chi connectivity index (χ1v) is 5.40. The Balaban J connectivity index is 2.71. The number of nitrogens with two attached hydrogens (primary N) is 1. The smallest absolute Gasteiger partial charge is 0.146 e. The van der Waals surface area contributed by atoms with Crippen LogP contribution in [0.25, 0.3) is 0 Å². The molecule has 0 amide bonds. The molecule has 1 aromatic carbocycles. The van der Waals surface area contributed by atoms with Crippen LogP contribution in [0.1, 0.15) is 18.1 Å². The number of aliphatic hydroxyl groups excluding tert-OH is 1. The van der Waals surface area contributed by atoms with E-state index >= 15 is 0 Å². The van der Waals surface area contributed by atoms with E-state index in [9.17, 15) is 4.39 Å². The number of rotatable bonds is 6. The van der Waals surface area contributed by atoms with E-state index in [2.05, 4.69) is 0 Å². The molecule has 0 bridgehead atoms. The summed E-state index contributed by atoms with van der Waals surface area (Å²) in [5.41, 5.74) is 6.99. The zero-order valence-corrected chi connectivity index (χ0v) is 9.45. The molecule has 1 atom stereocenters. The Morgan fingerprint density at radius 1 is 1.38 bits per heavy atom. The highest BCUT2D eigenvalue weighted by molar-refractivity contribution is 5.34. The third-order valence-electron chi connectivity index (χ3n) is 2.30. The van der Waals surface area contributed by atoms with Crippen molar-refractivity contribution in [3.8, 4) is 5.75 Å². The number of ether oxygens (including phenoxy) is 1. The van der Waals surface area contributed by atoms with Gasteiger partial charge in [0.05, 0.1) is 6.61 Å². The molecule has 0 heterocycles. The van der Waals surface area contributed by atoms with E-state index in [0.29, 0.717) is 5.75 Å². The summed E-state index contributed by atoms with van der Waals surface area (Å²) in [6.07, 6.45) is -0.303. The second-order valence-electron chi connectivity index (χ2n) is 3.64. The van der Waals surface area contributed by atoms with Gasteiger partial charge in [0.25, 0.3) is 0 Å². The molecule has 4 heteroatoms. The molecule has 1 rings (SSSR count). The lowest BCUT2D eigenvalue weighted by Crippen LogP contribution is -2.22. The van der Waals surface area contributed by atoms with Crippen LogP contribution in [0.4, 0.5) is 4.39 Å². The second-order valence-corrected chi connectivity index (χ2v) is 3.64. The van der Waals surface area contributed by atoms with Crippen molar-refractivity contribution < 1.29 is 14.2 Å². The number of benzene rings is 1. The fourth-order valence-corrected chi connectivity index (χ4v) is 1.36. The van der Waals surface area contributed by atoms with Gasteiger partial charge in [-0.3, -0.25) is 0 Å². The molecule has 0 aliphatic carbocycles. The summed E-state index contributed by atoms with van der Waals surface area (Å²) in [5, 5.41) is 9.06. The maximum absolute atomic E-state index is 12.9. The van der Waals surface area contributed by atoms with E-state index in [1.54, 1.807) is 6.07 Å². The quantitative estimate of drug-likeness (QED) is 0.772. The fraction of sp³-hybridized carbons (Fsp3) is 0.500. The zero-order chi connectivity index (χ0) is 12.0. The molecule has 0 spiro atoms. The van der Waals surface area contributed by atoms with Gasteiger partial charge in [0.2, 0.25) is 0 Å². The Hall–Kier alpha value is -1.13. The van der Waals surface area contributed by atoms with Crippen molar-refractivity contribution in [2.75, 3.05) is 13.2 Å². The Kier molecular flexibility index (Phi) is 5.22. The number of hydrogen-bond donors (Lipinski definition) is 2. The summed E-state index contributed by atoms with van der Waals surface area (Å²) in [6.45, 7) is 1.88. The molecule has 3 nitrogen and oxygen atoms in total. The Labute approximate surface area is 95.0 Å². The van der Waals surface area contributed by atoms with Gasteiger partial charge < -0.3 is 15.6 Å². The van der Waals surface area contributed by atoms with Gasteiger partial charge in [0.1, 0.15) is 18.5 Å². The van der Waals surface area contributed by atoms with Crippen LogP contribution in [0.2, 0.25) is 0 Å². The van der Waals surface area contributed by atoms with Crippen LogP contribution in [-0.2, 0) is 13.0 Å². The van der Waals surface area contributed by atoms with Crippen LogP contribution >= 0.6 is 0 Å². The molecule has 0 aliphatic rings. The third-order valence-corrected chi connectivity index (χ3v) is 2.30. The SMILES string of the molecule is CCc1cc(CO)cc(OC[C@H](F)CN)c1. The monoisotopic (exact) mass is 227 g/mol. The van der Waals surface area contributed by atoms with Crippen molar-refractivity contribution in [3.63, 3.8) is 0 Å². The summed E-state index contributed by atoms with van der Waals surface area (Å²) >= 11 is 0. The topological polar surface area (TPSA) is 55.5 Å². The largest absolute Gasteiger partial charge is 0.490 e. The average Bonchev–Trinajstić information content (AvgIpc) is 2.35. The maximum atomic E-state index is 12.9. The minimum atomic E-state index is -1.15. The van der Waals surface area contributed by atoms with Crippen LogP contribution < -0.4 is 10.5 Å². The summed E-state index contributed by atoms with van der Waals surface area (Å²) in [6, 6.07) is 5.47. The minimum absolute atomic E-state index is 0.0413. The molecule has 90 valence electrons. The first-order valence-electron chi connectivity index (χ1n) is 5.40. The van der Waals surface area contributed by atoms with Crippen molar-refractivity contribution in [1.29, 1.82) is 0 Å². The van der Waals surface area contributed by atoms with Crippen LogP contribution in [0, 0.1) is 0 Å². The number of halogens is 1. The number of aliphatic hydroxyl groups is 1. The van der Waals surface area contributed by atoms with Crippen molar-refractivity contribution in [2.24, 2.45) is 5.73 Å². The standard InChI is InChI=1S/C12H18FNO2/c1-2-9-3-10(7-15)5-12(4-9)16-8-11(13)6-14/h3-5,11,15H,2,6-8,14H2,1H3/t11-/m1/s1. The second kappa shape index (κ2) is 6.45. The molecule has 0 saturated carbocycles. The van der Waals surface area contributed by atoms with Gasteiger partial charge in [-0.25, -0.2) is 4.39 Å². The predicted molar refractivity (Wildman–Crippen MR) is 61.2 cm³/mol. The highest BCUT2D eigenvalue weighted by Crippen LogP contribution is 2.18. The van der Waals surface area contributed by atoms with Gasteiger partial charge in [-0.05, 0) is 29.7 Å². The van der Waals surface area contributed by atoms with E-state index in [0.717, 1.165) is 17.5 Å². The summed E-state index contributed by atoms with van der Waals surface area (Å²) in [4.78, 5) is 0. The summed E-state index contributed by atoms with van der Waals surface area (Å²) in [5.74, 6) is 0.583. The number of hydrogen-bond acceptors (Lipinski definition) is 3. The maximum Gasteiger partial charge on any atom is 0.146 e. The fourth-order valence-electron chi connectivity index (χ4n) is 1.36. The first kappa shape index (κ1) is 12.9. The Morgan fingerprint density at radius 2 is 2.06 bits per heavy atom. The minimum Gasteiger partial charge on any atom is -0.490 e. The van der Waals surface area contributed by atoms with Gasteiger partial charge in [-0.1, -0.05) is 13.0 Å². The van der Waals surface area contributed by atoms with Gasteiger partial charge in [0.15, 0.2) is 0 Å². The predicted octanol–water partition coefficient (Wildman–Crippen LogP) is 1.42. The van der Waals surface area contributed by atoms with Crippen LogP contribution in [0.3, 0.4) is 0 Å². The molecule has 0 aromatic heterocycles. The molecule has 0 aliphatic heterocycles. The number of aryl methyl sites for hydroxylation is 1. The molecule has 0 radical (unpaired) electrons. The van der Waals surface area contributed by atoms with Crippen molar-refractivity contribution in [1.82, 2.24) is 0 Å². The number of alkyl halides is 1. The Morgan fingerprint density at radius 3 is 2.62 bits per heavy atom. The van der Waals surface area contributed by atoms with E-state index in [4.69, 9.17) is 15.6 Å². The van der Waals surface area contributed by atoms with Crippen LogP contribution in [0.15, 0.2) is 18.2 Å². The molecule has 3 N–H and O–H groups in total. The zero-order valence-electron chi connectivity index (χ0n) is 9.45. The van der Waals surface area contributed by atoms with Crippen molar-refractivity contribution in [2.45, 2.75) is 26.1 Å². The lowest BCUT2D eigenvalue weighted by molar-refractivity contribution is 0.200. The van der Waals surface area contributed by atoms with Gasteiger partial charge in [0, 0.05) is 6.54 Å². The third kappa shape index (κ3) is 3.79. The molecule has 0 saturated heterocycles. The molecule has 16 heavy (non-hydrogen) atoms.